The highest BCUT2D eigenvalue weighted by Crippen LogP contribution is 2.39. The Morgan fingerprint density at radius 3 is 2.58 bits per heavy atom. The monoisotopic (exact) mass is 430 g/mol. The first-order chi connectivity index (χ1) is 14.7. The summed E-state index contributed by atoms with van der Waals surface area (Å²) in [7, 11) is 1.15. The summed E-state index contributed by atoms with van der Waals surface area (Å²) in [5.74, 6) is 1.01. The number of nitrogens with one attached hydrogen (secondary N) is 2. The van der Waals surface area contributed by atoms with Gasteiger partial charge in [-0.1, -0.05) is 6.07 Å². The molecule has 4 aromatic rings. The highest BCUT2D eigenvalue weighted by molar-refractivity contribution is 5.83. The van der Waals surface area contributed by atoms with Crippen LogP contribution in [0.25, 0.3) is 16.6 Å². The third-order valence-electron chi connectivity index (χ3n) is 4.55. The van der Waals surface area contributed by atoms with Gasteiger partial charge >= 0.3 is 6.18 Å². The topological polar surface area (TPSA) is 97.7 Å². The van der Waals surface area contributed by atoms with Gasteiger partial charge in [-0.25, -0.2) is 19.6 Å². The molecule has 0 unspecified atom stereocenters. The van der Waals surface area contributed by atoms with Crippen molar-refractivity contribution < 1.29 is 17.9 Å². The summed E-state index contributed by atoms with van der Waals surface area (Å²) < 4.78 is 46.6. The second-order valence-corrected chi connectivity index (χ2v) is 6.79. The van der Waals surface area contributed by atoms with Crippen molar-refractivity contribution in [3.05, 3.63) is 64.0 Å². The number of aromatic nitrogens is 5. The smallest absolute Gasteiger partial charge is 0.420 e. The zero-order chi connectivity index (χ0) is 22.3. The number of halogens is 3. The number of nitrogens with zero attached hydrogens (tertiary/aromatic N) is 4. The Bertz CT molecular complexity index is 1320. The van der Waals surface area contributed by atoms with Gasteiger partial charge in [-0.3, -0.25) is 9.89 Å². The van der Waals surface area contributed by atoms with Crippen molar-refractivity contribution in [2.45, 2.75) is 20.0 Å². The maximum Gasteiger partial charge on any atom is 0.420 e. The van der Waals surface area contributed by atoms with Gasteiger partial charge in [0.25, 0.3) is 5.56 Å². The average Bonchev–Trinajstić information content (AvgIpc) is 3.01. The van der Waals surface area contributed by atoms with E-state index in [4.69, 9.17) is 4.74 Å². The molecule has 3 aromatic heterocycles. The predicted molar refractivity (Wildman–Crippen MR) is 108 cm³/mol. The van der Waals surface area contributed by atoms with E-state index in [-0.39, 0.29) is 11.1 Å². The van der Waals surface area contributed by atoms with Crippen LogP contribution in [0, 0.1) is 13.8 Å². The van der Waals surface area contributed by atoms with Crippen molar-refractivity contribution in [1.82, 2.24) is 24.7 Å². The van der Waals surface area contributed by atoms with Crippen LogP contribution in [0.2, 0.25) is 0 Å². The second kappa shape index (κ2) is 7.42. The van der Waals surface area contributed by atoms with Crippen LogP contribution in [0.15, 0.2) is 41.3 Å². The second-order valence-electron chi connectivity index (χ2n) is 6.79. The lowest BCUT2D eigenvalue weighted by molar-refractivity contribution is -0.138. The van der Waals surface area contributed by atoms with Crippen LogP contribution in [0.4, 0.5) is 24.8 Å². The van der Waals surface area contributed by atoms with Gasteiger partial charge < -0.3 is 10.1 Å². The number of aromatic amines is 1. The van der Waals surface area contributed by atoms with E-state index >= 15 is 0 Å². The molecule has 160 valence electrons. The van der Waals surface area contributed by atoms with Crippen molar-refractivity contribution in [1.29, 1.82) is 0 Å². The summed E-state index contributed by atoms with van der Waals surface area (Å²) in [5.41, 5.74) is -0.335. The molecule has 0 aliphatic rings. The number of H-pyrrole nitrogens is 1. The number of ether oxygens (including phenoxy) is 1. The number of fused-ring (bicyclic) bond motifs is 1. The largest absolute Gasteiger partial charge is 0.494 e. The minimum absolute atomic E-state index is 0.0373. The number of methoxy groups -OCH3 is 1. The molecule has 0 amide bonds. The Kier molecular flexibility index (Phi) is 4.88. The third kappa shape index (κ3) is 3.81. The van der Waals surface area contributed by atoms with Crippen molar-refractivity contribution >= 4 is 22.5 Å². The van der Waals surface area contributed by atoms with Crippen LogP contribution < -0.4 is 15.6 Å². The number of anilines is 2. The van der Waals surface area contributed by atoms with E-state index in [0.29, 0.717) is 23.0 Å². The van der Waals surface area contributed by atoms with Gasteiger partial charge in [-0.2, -0.15) is 13.2 Å². The molecular weight excluding hydrogens is 413 g/mol. The Hall–Kier alpha value is -3.89. The Morgan fingerprint density at radius 1 is 1.13 bits per heavy atom. The van der Waals surface area contributed by atoms with E-state index in [2.05, 4.69) is 25.4 Å². The fraction of sp³-hybridized carbons (Fsp3) is 0.200. The van der Waals surface area contributed by atoms with E-state index in [1.165, 1.54) is 23.0 Å². The summed E-state index contributed by atoms with van der Waals surface area (Å²) in [5, 5.41) is 5.79. The molecule has 0 spiro atoms. The highest BCUT2D eigenvalue weighted by atomic mass is 19.4. The molecule has 0 saturated carbocycles. The molecule has 4 rings (SSSR count). The van der Waals surface area contributed by atoms with Gasteiger partial charge in [0, 0.05) is 24.0 Å². The molecule has 0 radical (unpaired) electrons. The fourth-order valence-electron chi connectivity index (χ4n) is 3.34. The molecule has 31 heavy (non-hydrogen) atoms. The molecule has 1 aromatic carbocycles. The minimum atomic E-state index is -4.62. The van der Waals surface area contributed by atoms with Gasteiger partial charge in [0.1, 0.15) is 23.1 Å². The van der Waals surface area contributed by atoms with E-state index in [1.54, 1.807) is 19.1 Å². The van der Waals surface area contributed by atoms with Crippen molar-refractivity contribution in [2.75, 3.05) is 12.4 Å². The number of aryl methyl sites for hydroxylation is 2. The van der Waals surface area contributed by atoms with E-state index in [9.17, 15) is 18.0 Å². The van der Waals surface area contributed by atoms with Crippen molar-refractivity contribution in [2.24, 2.45) is 0 Å². The zero-order valence-corrected chi connectivity index (χ0v) is 16.7. The summed E-state index contributed by atoms with van der Waals surface area (Å²) >= 11 is 0. The molecule has 8 nitrogen and oxygen atoms in total. The zero-order valence-electron chi connectivity index (χ0n) is 16.7. The van der Waals surface area contributed by atoms with Gasteiger partial charge in [0.15, 0.2) is 5.75 Å². The Balaban J connectivity index is 1.87. The summed E-state index contributed by atoms with van der Waals surface area (Å²) in [6, 6.07) is 6.85. The predicted octanol–water partition coefficient (Wildman–Crippen LogP) is 3.89. The minimum Gasteiger partial charge on any atom is -0.494 e. The lowest BCUT2D eigenvalue weighted by atomic mass is 10.1. The highest BCUT2D eigenvalue weighted by Gasteiger charge is 2.35. The quantitative estimate of drug-likeness (QED) is 0.510. The van der Waals surface area contributed by atoms with Crippen molar-refractivity contribution in [3.63, 3.8) is 0 Å². The molecule has 3 heterocycles. The number of benzene rings is 1. The lowest BCUT2D eigenvalue weighted by Gasteiger charge is -2.16. The number of rotatable bonds is 4. The fourth-order valence-corrected chi connectivity index (χ4v) is 3.34. The first-order valence-corrected chi connectivity index (χ1v) is 9.12. The number of hydrogen-bond donors (Lipinski definition) is 2. The lowest BCUT2D eigenvalue weighted by Crippen LogP contribution is -2.11. The molecule has 0 atom stereocenters. The summed E-state index contributed by atoms with van der Waals surface area (Å²) in [6.45, 7) is 3.57. The van der Waals surface area contributed by atoms with Gasteiger partial charge in [-0.15, -0.1) is 0 Å². The van der Waals surface area contributed by atoms with Crippen LogP contribution in [0.5, 0.6) is 5.75 Å². The Labute approximate surface area is 173 Å². The molecule has 0 aliphatic carbocycles. The molecule has 0 saturated heterocycles. The van der Waals surface area contributed by atoms with Gasteiger partial charge in [0.05, 0.1) is 23.6 Å². The number of hydrogen-bond acceptors (Lipinski definition) is 6. The van der Waals surface area contributed by atoms with Crippen LogP contribution in [0.3, 0.4) is 0 Å². The average molecular weight is 430 g/mol. The number of alkyl halides is 3. The normalized spacial score (nSPS) is 11.7. The maximum atomic E-state index is 13.4. The van der Waals surface area contributed by atoms with Crippen LogP contribution >= 0.6 is 0 Å². The van der Waals surface area contributed by atoms with Gasteiger partial charge in [-0.05, 0) is 26.0 Å². The molecule has 11 heteroatoms. The van der Waals surface area contributed by atoms with Crippen LogP contribution in [-0.2, 0) is 6.18 Å². The Morgan fingerprint density at radius 2 is 1.90 bits per heavy atom. The molecule has 0 aliphatic heterocycles. The standard InChI is InChI=1S/C20H17F3N6O2/c1-10-7-17(26-11(2)25-10)27-16-8-15-12(9-24-16)19(30)28-29(15)14-6-4-5-13(18(14)31-3)20(21,22)23/h4-9H,1-3H3,(H,28,30)(H,24,25,26,27). The van der Waals surface area contributed by atoms with Crippen molar-refractivity contribution in [3.8, 4) is 11.4 Å². The molecule has 0 bridgehead atoms. The van der Waals surface area contributed by atoms with E-state index < -0.39 is 23.0 Å². The summed E-state index contributed by atoms with van der Waals surface area (Å²) in [6.07, 6.45) is -3.28. The van der Waals surface area contributed by atoms with E-state index in [1.807, 2.05) is 6.92 Å². The van der Waals surface area contributed by atoms with E-state index in [0.717, 1.165) is 18.9 Å². The molecule has 2 N–H and O–H groups in total. The number of para-hydroxylation sites is 1. The summed E-state index contributed by atoms with van der Waals surface area (Å²) in [4.78, 5) is 25.1. The first kappa shape index (κ1) is 20.4. The maximum absolute atomic E-state index is 13.4. The molecule has 0 fully saturated rings. The first-order valence-electron chi connectivity index (χ1n) is 9.12. The third-order valence-corrected chi connectivity index (χ3v) is 4.55. The number of pyridine rings is 1. The molecular formula is C20H17F3N6O2. The van der Waals surface area contributed by atoms with Crippen LogP contribution in [-0.4, -0.2) is 31.8 Å². The van der Waals surface area contributed by atoms with Gasteiger partial charge in [0.2, 0.25) is 0 Å². The van der Waals surface area contributed by atoms with Crippen LogP contribution in [0.1, 0.15) is 17.1 Å². The SMILES string of the molecule is COc1c(-n2[nH]c(=O)c3cnc(Nc4cc(C)nc(C)n4)cc32)cccc1C(F)(F)F.